The summed E-state index contributed by atoms with van der Waals surface area (Å²) in [6.45, 7) is 0. The fourth-order valence-corrected chi connectivity index (χ4v) is 0.732. The summed E-state index contributed by atoms with van der Waals surface area (Å²) in [5.41, 5.74) is 0. The molecule has 0 spiro atoms. The van der Waals surface area contributed by atoms with Crippen LogP contribution >= 0.6 is 8.69 Å². The fourth-order valence-electron chi connectivity index (χ4n) is 0.524. The molecule has 0 aliphatic rings. The summed E-state index contributed by atoms with van der Waals surface area (Å²) in [5, 5.41) is 0. The van der Waals surface area contributed by atoms with Crippen molar-refractivity contribution in [1.82, 2.24) is 0 Å². The Kier molecular flexibility index (Phi) is 6.49. The third-order valence-electron chi connectivity index (χ3n) is 0.886. The summed E-state index contributed by atoms with van der Waals surface area (Å²) in [4.78, 5) is 0. The molecule has 0 fully saturated rings. The molecule has 0 aliphatic carbocycles. The van der Waals surface area contributed by atoms with Gasteiger partial charge in [-0.1, -0.05) is 18.2 Å². The molecule has 0 radical (unpaired) electrons. The second kappa shape index (κ2) is 6.20. The first kappa shape index (κ1) is 10.5. The van der Waals surface area contributed by atoms with Crippen LogP contribution in [0.25, 0.3) is 0 Å². The third kappa shape index (κ3) is 3.59. The second-order valence-corrected chi connectivity index (χ2v) is 1.81. The molecule has 10 heavy (non-hydrogen) atoms. The summed E-state index contributed by atoms with van der Waals surface area (Å²) in [5.74, 6) is 0.620. The van der Waals surface area contributed by atoms with Crippen molar-refractivity contribution in [2.24, 2.45) is 0 Å². The Balaban J connectivity index is 0.000000810. The predicted molar refractivity (Wildman–Crippen MR) is 34.7 cm³/mol. The molecule has 50 valence electrons. The molecular weight excluding hydrogens is 279 g/mol. The molecule has 2 nitrogen and oxygen atoms in total. The van der Waals surface area contributed by atoms with Crippen molar-refractivity contribution >= 4 is 8.69 Å². The SMILES string of the molecule is O=POc1ccccc1.[Nd]. The number of hydrogen-bond acceptors (Lipinski definition) is 2. The monoisotopic (exact) mass is 282 g/mol. The van der Waals surface area contributed by atoms with E-state index in [9.17, 15) is 4.57 Å². The van der Waals surface area contributed by atoms with Crippen LogP contribution in [0, 0.1) is 40.8 Å². The van der Waals surface area contributed by atoms with Gasteiger partial charge in [-0.25, -0.2) is 4.57 Å². The van der Waals surface area contributed by atoms with E-state index in [1.165, 1.54) is 0 Å². The Morgan fingerprint density at radius 3 is 2.30 bits per heavy atom. The molecule has 0 heterocycles. The molecule has 4 heteroatoms. The Hall–Kier alpha value is 0.471. The van der Waals surface area contributed by atoms with Gasteiger partial charge in [-0.05, 0) is 12.1 Å². The molecule has 1 aromatic rings. The van der Waals surface area contributed by atoms with Crippen LogP contribution in [0.2, 0.25) is 0 Å². The molecule has 0 unspecified atom stereocenters. The van der Waals surface area contributed by atoms with Gasteiger partial charge in [0.25, 0.3) is 0 Å². The van der Waals surface area contributed by atoms with Crippen LogP contribution in [0.4, 0.5) is 0 Å². The van der Waals surface area contributed by atoms with Crippen molar-refractivity contribution in [1.29, 1.82) is 0 Å². The van der Waals surface area contributed by atoms with Gasteiger partial charge in [0.1, 0.15) is 5.75 Å². The second-order valence-electron chi connectivity index (χ2n) is 1.48. The maximum atomic E-state index is 9.85. The largest absolute Gasteiger partial charge is 0.408 e. The van der Waals surface area contributed by atoms with Crippen LogP contribution in [-0.2, 0) is 4.57 Å². The van der Waals surface area contributed by atoms with Gasteiger partial charge in [-0.15, -0.1) is 0 Å². The average molecular weight is 284 g/mol. The number of hydrogen-bond donors (Lipinski definition) is 0. The van der Waals surface area contributed by atoms with Crippen molar-refractivity contribution in [2.75, 3.05) is 0 Å². The zero-order chi connectivity index (χ0) is 6.53. The maximum Gasteiger partial charge on any atom is 0.395 e. The van der Waals surface area contributed by atoms with Crippen LogP contribution in [0.5, 0.6) is 5.75 Å². The molecule has 0 N–H and O–H groups in total. The van der Waals surface area contributed by atoms with Crippen LogP contribution < -0.4 is 4.52 Å². The molecule has 1 rings (SSSR count). The van der Waals surface area contributed by atoms with Gasteiger partial charge in [0.2, 0.25) is 0 Å². The van der Waals surface area contributed by atoms with E-state index in [2.05, 4.69) is 4.52 Å². The minimum Gasteiger partial charge on any atom is -0.408 e. The standard InChI is InChI=1S/C6H5O2P.Nd/c7-9-8-6-4-2-1-3-5-6;/h1-5H;. The molecule has 0 bridgehead atoms. The summed E-state index contributed by atoms with van der Waals surface area (Å²) in [6.07, 6.45) is 0. The predicted octanol–water partition coefficient (Wildman–Crippen LogP) is 2.27. The van der Waals surface area contributed by atoms with Gasteiger partial charge < -0.3 is 4.52 Å². The van der Waals surface area contributed by atoms with E-state index in [0.717, 1.165) is 0 Å². The Labute approximate surface area is 93.8 Å². The van der Waals surface area contributed by atoms with Gasteiger partial charge in [0.05, 0.1) is 0 Å². The van der Waals surface area contributed by atoms with E-state index in [-0.39, 0.29) is 49.5 Å². The Morgan fingerprint density at radius 1 is 1.20 bits per heavy atom. The Morgan fingerprint density at radius 2 is 1.80 bits per heavy atom. The summed E-state index contributed by atoms with van der Waals surface area (Å²) in [7, 11) is -0.305. The molecule has 0 atom stereocenters. The average Bonchev–Trinajstić information content (AvgIpc) is 1.91. The van der Waals surface area contributed by atoms with Gasteiger partial charge in [-0.2, -0.15) is 0 Å². The summed E-state index contributed by atoms with van der Waals surface area (Å²) in [6, 6.07) is 8.99. The number of para-hydroxylation sites is 1. The molecule has 0 amide bonds. The van der Waals surface area contributed by atoms with Crippen LogP contribution in [0.3, 0.4) is 0 Å². The summed E-state index contributed by atoms with van der Waals surface area (Å²) < 4.78 is 14.5. The maximum absolute atomic E-state index is 9.85. The minimum absolute atomic E-state index is 0. The van der Waals surface area contributed by atoms with Gasteiger partial charge in [0.15, 0.2) is 0 Å². The van der Waals surface area contributed by atoms with E-state index in [1.807, 2.05) is 18.2 Å². The van der Waals surface area contributed by atoms with E-state index in [0.29, 0.717) is 5.75 Å². The van der Waals surface area contributed by atoms with Gasteiger partial charge in [0, 0.05) is 40.8 Å². The minimum atomic E-state index is -0.305. The van der Waals surface area contributed by atoms with Crippen molar-refractivity contribution in [3.8, 4) is 5.75 Å². The van der Waals surface area contributed by atoms with E-state index in [1.54, 1.807) is 12.1 Å². The third-order valence-corrected chi connectivity index (χ3v) is 1.17. The van der Waals surface area contributed by atoms with E-state index < -0.39 is 0 Å². The molecule has 0 saturated heterocycles. The fraction of sp³-hybridized carbons (Fsp3) is 0. The van der Waals surface area contributed by atoms with E-state index in [4.69, 9.17) is 0 Å². The first-order chi connectivity index (χ1) is 4.43. The quantitative estimate of drug-likeness (QED) is 0.779. The topological polar surface area (TPSA) is 26.3 Å². The number of rotatable bonds is 2. The molecule has 0 aromatic heterocycles. The molecule has 1 aromatic carbocycles. The van der Waals surface area contributed by atoms with Crippen molar-refractivity contribution in [3.63, 3.8) is 0 Å². The van der Waals surface area contributed by atoms with E-state index >= 15 is 0 Å². The van der Waals surface area contributed by atoms with Crippen LogP contribution in [-0.4, -0.2) is 0 Å². The number of benzene rings is 1. The molecule has 0 aliphatic heterocycles. The van der Waals surface area contributed by atoms with Crippen molar-refractivity contribution in [2.45, 2.75) is 0 Å². The van der Waals surface area contributed by atoms with Gasteiger partial charge >= 0.3 is 8.69 Å². The first-order valence-electron chi connectivity index (χ1n) is 2.48. The zero-order valence-electron chi connectivity index (χ0n) is 5.15. The van der Waals surface area contributed by atoms with Crippen LogP contribution in [0.15, 0.2) is 30.3 Å². The Bertz CT molecular complexity index is 190. The van der Waals surface area contributed by atoms with Crippen LogP contribution in [0.1, 0.15) is 0 Å². The zero-order valence-corrected chi connectivity index (χ0v) is 9.25. The normalized spacial score (nSPS) is 8.40. The van der Waals surface area contributed by atoms with Gasteiger partial charge in [-0.3, -0.25) is 0 Å². The first-order valence-corrected chi connectivity index (χ1v) is 3.21. The smallest absolute Gasteiger partial charge is 0.395 e. The molecule has 0 saturated carbocycles. The molecular formula is C6H5NdO2P. The summed E-state index contributed by atoms with van der Waals surface area (Å²) >= 11 is 0. The van der Waals surface area contributed by atoms with Crippen molar-refractivity contribution < 1.29 is 49.9 Å². The van der Waals surface area contributed by atoms with Crippen molar-refractivity contribution in [3.05, 3.63) is 30.3 Å².